The van der Waals surface area contributed by atoms with Crippen LogP contribution in [0.2, 0.25) is 0 Å². The number of alkyl halides is 3. The number of rotatable bonds is 12. The Bertz CT molecular complexity index is 2430. The zero-order chi connectivity index (χ0) is 43.0. The molecule has 0 atom stereocenters. The minimum absolute atomic E-state index is 0.171. The molecule has 0 saturated carbocycles. The van der Waals surface area contributed by atoms with Gasteiger partial charge < -0.3 is 19.1 Å². The van der Waals surface area contributed by atoms with Crippen molar-refractivity contribution in [3.05, 3.63) is 135 Å². The zero-order valence-electron chi connectivity index (χ0n) is 34.9. The molecule has 6 rings (SSSR count). The maximum atomic E-state index is 15.0. The minimum atomic E-state index is -4.51. The van der Waals surface area contributed by atoms with Crippen molar-refractivity contribution in [2.45, 2.75) is 48.9 Å². The van der Waals surface area contributed by atoms with Gasteiger partial charge in [0.25, 0.3) is 0 Å². The SMILES string of the molecule is [2H]c1c([2H])c([2H])c2c(c1[2H])c(=O)c([2H])c(SCc1cccc(F)c1F)n2C([2H])([2H])C(=O)N(Cc1ccc(-c2ccc(C(F)(F)F)cc2)cc1)C1CCN(CCOC)CC1. The maximum absolute atomic E-state index is 15.0. The highest BCUT2D eigenvalue weighted by molar-refractivity contribution is 7.98. The molecule has 0 spiro atoms. The molecular formula is C40H38F5N3O3S. The molecule has 1 saturated heterocycles. The molecule has 5 aromatic rings. The summed E-state index contributed by atoms with van der Waals surface area (Å²) < 4.78 is 136. The number of thioether (sulfide) groups is 1. The van der Waals surface area contributed by atoms with Crippen LogP contribution in [-0.2, 0) is 34.5 Å². The number of piperidine rings is 1. The highest BCUT2D eigenvalue weighted by Gasteiger charge is 2.31. The van der Waals surface area contributed by atoms with Gasteiger partial charge in [0.15, 0.2) is 17.1 Å². The van der Waals surface area contributed by atoms with Crippen molar-refractivity contribution < 1.29 is 41.1 Å². The summed E-state index contributed by atoms with van der Waals surface area (Å²) in [5.41, 5.74) is -1.28. The Morgan fingerprint density at radius 1 is 1.00 bits per heavy atom. The lowest BCUT2D eigenvalue weighted by Crippen LogP contribution is -2.48. The molecule has 0 radical (unpaired) electrons. The first-order valence-corrected chi connectivity index (χ1v) is 17.4. The summed E-state index contributed by atoms with van der Waals surface area (Å²) >= 11 is 0.533. The molecule has 1 fully saturated rings. The number of nitrogens with zero attached hydrogens (tertiary/aromatic N) is 3. The van der Waals surface area contributed by atoms with Gasteiger partial charge in [0, 0.05) is 62.1 Å². The first kappa shape index (κ1) is 29.0. The smallest absolute Gasteiger partial charge is 0.383 e. The van der Waals surface area contributed by atoms with Crippen LogP contribution in [0.4, 0.5) is 22.0 Å². The zero-order valence-corrected chi connectivity index (χ0v) is 28.8. The Kier molecular flexibility index (Phi) is 9.16. The van der Waals surface area contributed by atoms with Crippen LogP contribution in [0.1, 0.15) is 39.1 Å². The van der Waals surface area contributed by atoms with Gasteiger partial charge in [-0.2, -0.15) is 13.2 Å². The number of hydrogen-bond acceptors (Lipinski definition) is 5. The van der Waals surface area contributed by atoms with Gasteiger partial charge in [-0.05, 0) is 59.8 Å². The number of hydrogen-bond donors (Lipinski definition) is 0. The quantitative estimate of drug-likeness (QED) is 0.0950. The summed E-state index contributed by atoms with van der Waals surface area (Å²) in [7, 11) is 1.57. The van der Waals surface area contributed by atoms with Crippen molar-refractivity contribution in [3.8, 4) is 11.1 Å². The van der Waals surface area contributed by atoms with Crippen molar-refractivity contribution in [1.82, 2.24) is 14.4 Å². The van der Waals surface area contributed by atoms with E-state index in [-0.39, 0.29) is 12.1 Å². The summed E-state index contributed by atoms with van der Waals surface area (Å²) in [4.78, 5) is 32.1. The van der Waals surface area contributed by atoms with Gasteiger partial charge in [0.1, 0.15) is 6.50 Å². The number of carbonyl (C=O) groups excluding carboxylic acids is 1. The number of pyridine rings is 1. The largest absolute Gasteiger partial charge is 0.416 e. The summed E-state index contributed by atoms with van der Waals surface area (Å²) in [6.45, 7) is -1.33. The Labute approximate surface area is 312 Å². The lowest BCUT2D eigenvalue weighted by atomic mass is 10.00. The summed E-state index contributed by atoms with van der Waals surface area (Å²) in [5.74, 6) is -4.03. The second kappa shape index (κ2) is 16.4. The van der Waals surface area contributed by atoms with Gasteiger partial charge in [-0.25, -0.2) is 8.78 Å². The summed E-state index contributed by atoms with van der Waals surface area (Å²) in [5, 5.41) is -1.28. The predicted molar refractivity (Wildman–Crippen MR) is 193 cm³/mol. The van der Waals surface area contributed by atoms with E-state index in [0.29, 0.717) is 72.1 Å². The molecule has 0 bridgehead atoms. The molecular weight excluding hydrogens is 698 g/mol. The summed E-state index contributed by atoms with van der Waals surface area (Å²) in [6, 6.07) is 9.73. The van der Waals surface area contributed by atoms with Gasteiger partial charge in [0.05, 0.1) is 32.3 Å². The van der Waals surface area contributed by atoms with E-state index >= 15 is 0 Å². The number of methoxy groups -OCH3 is 1. The number of halogens is 5. The van der Waals surface area contributed by atoms with Gasteiger partial charge in [-0.3, -0.25) is 9.59 Å². The molecule has 0 N–H and O–H groups in total. The van der Waals surface area contributed by atoms with Crippen LogP contribution in [0.25, 0.3) is 22.0 Å². The molecule has 0 aliphatic carbocycles. The number of amides is 1. The van der Waals surface area contributed by atoms with E-state index in [9.17, 15) is 34.3 Å². The number of aromatic nitrogens is 1. The van der Waals surface area contributed by atoms with Gasteiger partial charge in [0.2, 0.25) is 5.91 Å². The lowest BCUT2D eigenvalue weighted by Gasteiger charge is -2.39. The Morgan fingerprint density at radius 2 is 1.67 bits per heavy atom. The molecule has 1 aromatic heterocycles. The fourth-order valence-electron chi connectivity index (χ4n) is 6.02. The number of benzene rings is 4. The van der Waals surface area contributed by atoms with Crippen LogP contribution in [0.3, 0.4) is 0 Å². The van der Waals surface area contributed by atoms with Crippen molar-refractivity contribution in [2.75, 3.05) is 33.4 Å². The standard InChI is InChI=1S/C40H38F5N3O3S/c1-51-22-21-46-19-17-32(18-20-46)47(24-27-9-11-28(12-10-27)29-13-15-31(16-14-29)40(43,44)45)37(50)25-48-35-8-3-2-6-33(35)36(49)23-38(48)52-26-30-5-4-7-34(41)39(30)42/h2-16,23,32H,17-22,24-26H2,1H3/i2D,3D,6D,8D,23D,25D2. The fourth-order valence-corrected chi connectivity index (χ4v) is 6.97. The Morgan fingerprint density at radius 3 is 2.35 bits per heavy atom. The molecule has 6 nitrogen and oxygen atoms in total. The van der Waals surface area contributed by atoms with Crippen molar-refractivity contribution in [2.24, 2.45) is 0 Å². The van der Waals surface area contributed by atoms with E-state index in [0.717, 1.165) is 18.2 Å². The average molecular weight is 743 g/mol. The van der Waals surface area contributed by atoms with E-state index in [1.165, 1.54) is 29.2 Å². The highest BCUT2D eigenvalue weighted by atomic mass is 32.2. The Hall–Kier alpha value is -4.52. The molecule has 4 aromatic carbocycles. The van der Waals surface area contributed by atoms with Crippen LogP contribution < -0.4 is 5.43 Å². The molecule has 12 heteroatoms. The maximum Gasteiger partial charge on any atom is 0.416 e. The molecule has 0 unspecified atom stereocenters. The second-order valence-corrected chi connectivity index (χ2v) is 13.2. The average Bonchev–Trinajstić information content (AvgIpc) is 3.22. The monoisotopic (exact) mass is 742 g/mol. The van der Waals surface area contributed by atoms with E-state index in [2.05, 4.69) is 4.90 Å². The molecule has 1 aliphatic rings. The third kappa shape index (κ3) is 8.74. The topological polar surface area (TPSA) is 54.8 Å². The number of ether oxygens (including phenoxy) is 1. The molecule has 52 heavy (non-hydrogen) atoms. The number of para-hydroxylation sites is 1. The number of fused-ring (bicyclic) bond motifs is 1. The number of carbonyl (C=O) groups is 1. The summed E-state index contributed by atoms with van der Waals surface area (Å²) in [6.07, 6.45) is -3.72. The van der Waals surface area contributed by atoms with E-state index in [1.807, 2.05) is 0 Å². The molecule has 1 aliphatic heterocycles. The van der Waals surface area contributed by atoms with E-state index in [1.54, 1.807) is 31.4 Å². The van der Waals surface area contributed by atoms with Crippen molar-refractivity contribution in [1.29, 1.82) is 0 Å². The van der Waals surface area contributed by atoms with Crippen LogP contribution in [-0.4, -0.2) is 59.7 Å². The molecule has 1 amide bonds. The third-order valence-electron chi connectivity index (χ3n) is 8.87. The van der Waals surface area contributed by atoms with Crippen LogP contribution in [0, 0.1) is 11.6 Å². The fraction of sp³-hybridized carbons (Fsp3) is 0.300. The molecule has 272 valence electrons. The highest BCUT2D eigenvalue weighted by Crippen LogP contribution is 2.32. The normalized spacial score (nSPS) is 16.4. The minimum Gasteiger partial charge on any atom is -0.383 e. The second-order valence-electron chi connectivity index (χ2n) is 12.2. The van der Waals surface area contributed by atoms with Crippen LogP contribution in [0.5, 0.6) is 0 Å². The van der Waals surface area contributed by atoms with Crippen molar-refractivity contribution in [3.63, 3.8) is 0 Å². The van der Waals surface area contributed by atoms with Gasteiger partial charge >= 0.3 is 6.18 Å². The third-order valence-corrected chi connectivity index (χ3v) is 9.88. The first-order chi connectivity index (χ1) is 27.9. The lowest BCUT2D eigenvalue weighted by molar-refractivity contribution is -0.137. The van der Waals surface area contributed by atoms with Crippen LogP contribution >= 0.6 is 11.8 Å². The van der Waals surface area contributed by atoms with Gasteiger partial charge in [-0.15, -0.1) is 11.8 Å². The van der Waals surface area contributed by atoms with Crippen molar-refractivity contribution >= 4 is 28.6 Å². The first-order valence-electron chi connectivity index (χ1n) is 19.9. The van der Waals surface area contributed by atoms with Crippen LogP contribution in [0.15, 0.2) is 107 Å². The molecule has 2 heterocycles. The Balaban J connectivity index is 1.45. The predicted octanol–water partition coefficient (Wildman–Crippen LogP) is 8.40. The number of likely N-dealkylation sites (tertiary alicyclic amines) is 1. The van der Waals surface area contributed by atoms with E-state index < -0.39 is 99.1 Å². The van der Waals surface area contributed by atoms with E-state index in [4.69, 9.17) is 11.6 Å². The van der Waals surface area contributed by atoms with Gasteiger partial charge in [-0.1, -0.05) is 60.6 Å².